The molecule has 0 aliphatic carbocycles. The van der Waals surface area contributed by atoms with E-state index in [1.807, 2.05) is 31.3 Å². The molecule has 7 nitrogen and oxygen atoms in total. The van der Waals surface area contributed by atoms with Crippen LogP contribution in [0, 0.1) is 13.8 Å². The number of aromatic nitrogens is 4. The lowest BCUT2D eigenvalue weighted by Gasteiger charge is -2.21. The molecule has 4 rings (SSSR count). The number of H-pyrrole nitrogens is 1. The molecule has 0 bridgehead atoms. The topological polar surface area (TPSA) is 86.8 Å². The second-order valence-electron chi connectivity index (χ2n) is 7.83. The summed E-state index contributed by atoms with van der Waals surface area (Å²) in [7, 11) is 0. The molecule has 1 saturated heterocycles. The molecule has 4 heterocycles. The predicted octanol–water partition coefficient (Wildman–Crippen LogP) is 3.84. The Morgan fingerprint density at radius 2 is 1.87 bits per heavy atom. The summed E-state index contributed by atoms with van der Waals surface area (Å²) in [6.45, 7) is 6.46. The smallest absolute Gasteiger partial charge is 0.254 e. The second-order valence-corrected chi connectivity index (χ2v) is 7.83. The van der Waals surface area contributed by atoms with Crippen LogP contribution in [0.3, 0.4) is 0 Å². The Labute approximate surface area is 176 Å². The molecule has 0 aromatic carbocycles. The minimum absolute atomic E-state index is 0.113. The van der Waals surface area contributed by atoms with E-state index in [1.165, 1.54) is 31.2 Å². The third kappa shape index (κ3) is 4.67. The Morgan fingerprint density at radius 3 is 2.57 bits per heavy atom. The molecule has 2 N–H and O–H groups in total. The van der Waals surface area contributed by atoms with Crippen molar-refractivity contribution in [3.63, 3.8) is 0 Å². The van der Waals surface area contributed by atoms with Crippen LogP contribution in [0.4, 0.5) is 11.6 Å². The highest BCUT2D eigenvalue weighted by atomic mass is 16.1. The van der Waals surface area contributed by atoms with Gasteiger partial charge >= 0.3 is 0 Å². The zero-order chi connectivity index (χ0) is 20.9. The third-order valence-corrected chi connectivity index (χ3v) is 5.65. The molecule has 1 aliphatic heterocycles. The normalized spacial score (nSPS) is 14.4. The van der Waals surface area contributed by atoms with Gasteiger partial charge in [-0.25, -0.2) is 15.0 Å². The fourth-order valence-electron chi connectivity index (χ4n) is 3.66. The number of aromatic amines is 1. The lowest BCUT2D eigenvalue weighted by molar-refractivity contribution is 0.726. The van der Waals surface area contributed by atoms with E-state index in [0.29, 0.717) is 17.9 Å². The Hall–Kier alpha value is -3.22. The number of aryl methyl sites for hydroxylation is 1. The molecule has 156 valence electrons. The van der Waals surface area contributed by atoms with Gasteiger partial charge in [-0.15, -0.1) is 0 Å². The quantitative estimate of drug-likeness (QED) is 0.672. The summed E-state index contributed by atoms with van der Waals surface area (Å²) < 4.78 is 0. The van der Waals surface area contributed by atoms with Gasteiger partial charge in [0.1, 0.15) is 17.5 Å². The molecule has 0 atom stereocenters. The number of nitrogens with one attached hydrogen (secondary N) is 2. The lowest BCUT2D eigenvalue weighted by Crippen LogP contribution is -2.25. The van der Waals surface area contributed by atoms with E-state index in [4.69, 9.17) is 0 Å². The zero-order valence-corrected chi connectivity index (χ0v) is 17.6. The molecule has 0 spiro atoms. The van der Waals surface area contributed by atoms with E-state index >= 15 is 0 Å². The van der Waals surface area contributed by atoms with Crippen molar-refractivity contribution < 1.29 is 0 Å². The summed E-state index contributed by atoms with van der Waals surface area (Å²) in [6, 6.07) is 8.02. The molecule has 1 aliphatic rings. The van der Waals surface area contributed by atoms with Gasteiger partial charge < -0.3 is 15.2 Å². The van der Waals surface area contributed by atoms with E-state index in [2.05, 4.69) is 36.2 Å². The summed E-state index contributed by atoms with van der Waals surface area (Å²) in [5, 5.41) is 3.36. The van der Waals surface area contributed by atoms with Crippen LogP contribution in [-0.2, 0) is 6.54 Å². The number of hydrogen-bond donors (Lipinski definition) is 2. The van der Waals surface area contributed by atoms with Crippen LogP contribution in [-0.4, -0.2) is 33.0 Å². The summed E-state index contributed by atoms with van der Waals surface area (Å²) in [6.07, 6.45) is 8.71. The molecule has 0 amide bonds. The predicted molar refractivity (Wildman–Crippen MR) is 120 cm³/mol. The van der Waals surface area contributed by atoms with Crippen molar-refractivity contribution in [2.24, 2.45) is 0 Å². The summed E-state index contributed by atoms with van der Waals surface area (Å²) in [5.41, 5.74) is 3.22. The van der Waals surface area contributed by atoms with Gasteiger partial charge in [0.2, 0.25) is 0 Å². The minimum Gasteiger partial charge on any atom is -0.366 e. The summed E-state index contributed by atoms with van der Waals surface area (Å²) >= 11 is 0. The lowest BCUT2D eigenvalue weighted by atomic mass is 10.2. The van der Waals surface area contributed by atoms with Gasteiger partial charge in [-0.1, -0.05) is 12.8 Å². The maximum Gasteiger partial charge on any atom is 0.254 e. The van der Waals surface area contributed by atoms with Crippen molar-refractivity contribution in [2.75, 3.05) is 23.3 Å². The molecule has 3 aromatic heterocycles. The molecule has 0 unspecified atom stereocenters. The van der Waals surface area contributed by atoms with Crippen molar-refractivity contribution in [2.45, 2.75) is 46.1 Å². The SMILES string of the molecule is Cc1nc(-c2ccc(NCc3ccnc(N4CCCCCC4)c3)nc2)[nH]c(=O)c1C. The van der Waals surface area contributed by atoms with Gasteiger partial charge in [-0.2, -0.15) is 0 Å². The molecule has 7 heteroatoms. The van der Waals surface area contributed by atoms with Crippen LogP contribution in [0.25, 0.3) is 11.4 Å². The Morgan fingerprint density at radius 1 is 1.07 bits per heavy atom. The maximum absolute atomic E-state index is 12.0. The summed E-state index contributed by atoms with van der Waals surface area (Å²) in [4.78, 5) is 30.7. The fraction of sp³-hybridized carbons (Fsp3) is 0.391. The van der Waals surface area contributed by atoms with Crippen LogP contribution >= 0.6 is 0 Å². The molecule has 30 heavy (non-hydrogen) atoms. The van der Waals surface area contributed by atoms with Gasteiger partial charge in [-0.05, 0) is 56.5 Å². The average molecular weight is 405 g/mol. The van der Waals surface area contributed by atoms with Crippen molar-refractivity contribution in [1.29, 1.82) is 0 Å². The monoisotopic (exact) mass is 404 g/mol. The standard InChI is InChI=1S/C23H28N6O/c1-16-17(2)27-22(28-23(16)30)19-7-8-20(26-15-19)25-14-18-9-10-24-21(13-18)29-11-5-3-4-6-12-29/h7-10,13,15H,3-6,11-12,14H2,1-2H3,(H,25,26)(H,27,28,30). The summed E-state index contributed by atoms with van der Waals surface area (Å²) in [5.74, 6) is 2.38. The van der Waals surface area contributed by atoms with Crippen LogP contribution < -0.4 is 15.8 Å². The van der Waals surface area contributed by atoms with E-state index in [-0.39, 0.29) is 5.56 Å². The van der Waals surface area contributed by atoms with E-state index < -0.39 is 0 Å². The van der Waals surface area contributed by atoms with Gasteiger partial charge in [-0.3, -0.25) is 4.79 Å². The van der Waals surface area contributed by atoms with Crippen molar-refractivity contribution in [3.05, 3.63) is 63.8 Å². The van der Waals surface area contributed by atoms with Gasteiger partial charge in [0.25, 0.3) is 5.56 Å². The van der Waals surface area contributed by atoms with E-state index in [9.17, 15) is 4.79 Å². The molecular weight excluding hydrogens is 376 g/mol. The molecule has 1 fully saturated rings. The second kappa shape index (κ2) is 9.07. The first kappa shape index (κ1) is 20.1. The van der Waals surface area contributed by atoms with Crippen LogP contribution in [0.2, 0.25) is 0 Å². The molecule has 0 radical (unpaired) electrons. The first-order chi connectivity index (χ1) is 14.6. The van der Waals surface area contributed by atoms with Crippen molar-refractivity contribution in [1.82, 2.24) is 19.9 Å². The molecule has 3 aromatic rings. The highest BCUT2D eigenvalue weighted by Gasteiger charge is 2.11. The van der Waals surface area contributed by atoms with Crippen LogP contribution in [0.1, 0.15) is 42.5 Å². The highest BCUT2D eigenvalue weighted by Crippen LogP contribution is 2.19. The molecular formula is C23H28N6O. The Kier molecular flexibility index (Phi) is 6.07. The zero-order valence-electron chi connectivity index (χ0n) is 17.6. The number of hydrogen-bond acceptors (Lipinski definition) is 6. The van der Waals surface area contributed by atoms with Crippen molar-refractivity contribution in [3.8, 4) is 11.4 Å². The maximum atomic E-state index is 12.0. The van der Waals surface area contributed by atoms with Gasteiger partial charge in [0.05, 0.1) is 0 Å². The van der Waals surface area contributed by atoms with Gasteiger partial charge in [0.15, 0.2) is 0 Å². The highest BCUT2D eigenvalue weighted by molar-refractivity contribution is 5.56. The van der Waals surface area contributed by atoms with Crippen LogP contribution in [0.5, 0.6) is 0 Å². The number of pyridine rings is 2. The van der Waals surface area contributed by atoms with Gasteiger partial charge in [0, 0.05) is 48.8 Å². The largest absolute Gasteiger partial charge is 0.366 e. The van der Waals surface area contributed by atoms with E-state index in [1.54, 1.807) is 13.1 Å². The van der Waals surface area contributed by atoms with E-state index in [0.717, 1.165) is 36.0 Å². The Bertz CT molecular complexity index is 1050. The first-order valence-corrected chi connectivity index (χ1v) is 10.6. The fourth-order valence-corrected chi connectivity index (χ4v) is 3.66. The first-order valence-electron chi connectivity index (χ1n) is 10.6. The number of rotatable bonds is 5. The van der Waals surface area contributed by atoms with Crippen molar-refractivity contribution >= 4 is 11.6 Å². The number of nitrogens with zero attached hydrogens (tertiary/aromatic N) is 4. The number of anilines is 2. The minimum atomic E-state index is -0.113. The average Bonchev–Trinajstić information content (AvgIpc) is 3.06. The third-order valence-electron chi connectivity index (χ3n) is 5.65. The van der Waals surface area contributed by atoms with Crippen LogP contribution in [0.15, 0.2) is 41.5 Å². The Balaban J connectivity index is 1.42. The molecule has 0 saturated carbocycles.